The third kappa shape index (κ3) is 1.69. The topological polar surface area (TPSA) is 94.7 Å². The van der Waals surface area contributed by atoms with Crippen molar-refractivity contribution in [1.29, 1.82) is 0 Å². The minimum absolute atomic E-state index is 0.244. The van der Waals surface area contributed by atoms with Gasteiger partial charge in [0.15, 0.2) is 0 Å². The molecule has 6 nitrogen and oxygen atoms in total. The number of aromatic nitrogens is 4. The summed E-state index contributed by atoms with van der Waals surface area (Å²) in [4.78, 5) is 11.0. The lowest BCUT2D eigenvalue weighted by Gasteiger charge is -1.99. The first-order chi connectivity index (χ1) is 9.08. The lowest BCUT2D eigenvalue weighted by Crippen LogP contribution is -1.95. The molecule has 0 unspecified atom stereocenters. The van der Waals surface area contributed by atoms with Crippen molar-refractivity contribution in [2.24, 2.45) is 0 Å². The zero-order valence-corrected chi connectivity index (χ0v) is 10.5. The second kappa shape index (κ2) is 3.94. The van der Waals surface area contributed by atoms with Crippen molar-refractivity contribution >= 4 is 16.9 Å². The smallest absolute Gasteiger partial charge is 0.335 e. The van der Waals surface area contributed by atoms with Gasteiger partial charge in [0.25, 0.3) is 0 Å². The molecule has 6 heteroatoms. The van der Waals surface area contributed by atoms with E-state index in [1.807, 2.05) is 13.8 Å². The van der Waals surface area contributed by atoms with Gasteiger partial charge in [-0.1, -0.05) is 0 Å². The van der Waals surface area contributed by atoms with Gasteiger partial charge in [-0.25, -0.2) is 4.79 Å². The molecule has 2 heterocycles. The van der Waals surface area contributed by atoms with Crippen LogP contribution in [-0.2, 0) is 0 Å². The number of aromatic carboxylic acids is 1. The number of fused-ring (bicyclic) bond motifs is 1. The molecular formula is C13H12N4O2. The van der Waals surface area contributed by atoms with Crippen LogP contribution in [0.1, 0.15) is 21.7 Å². The molecule has 0 aliphatic heterocycles. The summed E-state index contributed by atoms with van der Waals surface area (Å²) in [5, 5.41) is 24.1. The number of hydrogen-bond acceptors (Lipinski definition) is 3. The third-order valence-corrected chi connectivity index (χ3v) is 3.17. The SMILES string of the molecule is Cc1n[nH]c(C)c1-c1n[nH]c2ccc(C(=O)O)cc12. The number of carboxylic acids is 1. The van der Waals surface area contributed by atoms with Crippen LogP contribution < -0.4 is 0 Å². The van der Waals surface area contributed by atoms with Crippen LogP contribution in [0.3, 0.4) is 0 Å². The zero-order valence-electron chi connectivity index (χ0n) is 10.5. The number of rotatable bonds is 2. The fourth-order valence-electron chi connectivity index (χ4n) is 2.24. The van der Waals surface area contributed by atoms with Crippen molar-refractivity contribution < 1.29 is 9.90 Å². The van der Waals surface area contributed by atoms with Crippen LogP contribution in [0.25, 0.3) is 22.2 Å². The van der Waals surface area contributed by atoms with E-state index in [0.717, 1.165) is 33.5 Å². The van der Waals surface area contributed by atoms with E-state index in [2.05, 4.69) is 20.4 Å². The first-order valence-corrected chi connectivity index (χ1v) is 5.81. The highest BCUT2D eigenvalue weighted by Crippen LogP contribution is 2.30. The summed E-state index contributed by atoms with van der Waals surface area (Å²) in [6, 6.07) is 4.91. The maximum atomic E-state index is 11.0. The van der Waals surface area contributed by atoms with Crippen molar-refractivity contribution in [2.45, 2.75) is 13.8 Å². The number of aryl methyl sites for hydroxylation is 2. The van der Waals surface area contributed by atoms with Crippen LogP contribution in [0.5, 0.6) is 0 Å². The Hall–Kier alpha value is -2.63. The molecule has 0 aliphatic carbocycles. The standard InChI is InChI=1S/C13H12N4O2/c1-6-11(7(2)15-14-6)12-9-5-8(13(18)19)3-4-10(9)16-17-12/h3-5H,1-2H3,(H,14,15)(H,16,17)(H,18,19). The van der Waals surface area contributed by atoms with E-state index in [-0.39, 0.29) is 5.56 Å². The fourth-order valence-corrected chi connectivity index (χ4v) is 2.24. The van der Waals surface area contributed by atoms with Crippen molar-refractivity contribution in [3.63, 3.8) is 0 Å². The van der Waals surface area contributed by atoms with E-state index < -0.39 is 5.97 Å². The van der Waals surface area contributed by atoms with E-state index in [0.29, 0.717) is 0 Å². The van der Waals surface area contributed by atoms with Gasteiger partial charge in [0.05, 0.1) is 16.8 Å². The molecule has 0 fully saturated rings. The Morgan fingerprint density at radius 1 is 1.21 bits per heavy atom. The van der Waals surface area contributed by atoms with Crippen molar-refractivity contribution in [3.05, 3.63) is 35.2 Å². The van der Waals surface area contributed by atoms with Gasteiger partial charge in [0.1, 0.15) is 5.69 Å². The van der Waals surface area contributed by atoms with E-state index in [1.54, 1.807) is 18.2 Å². The second-order valence-electron chi connectivity index (χ2n) is 4.45. The summed E-state index contributed by atoms with van der Waals surface area (Å²) in [7, 11) is 0. The summed E-state index contributed by atoms with van der Waals surface area (Å²) < 4.78 is 0. The normalized spacial score (nSPS) is 11.1. The molecular weight excluding hydrogens is 244 g/mol. The van der Waals surface area contributed by atoms with Gasteiger partial charge < -0.3 is 5.11 Å². The molecule has 0 bridgehead atoms. The number of benzene rings is 1. The summed E-state index contributed by atoms with van der Waals surface area (Å²) in [5.74, 6) is -0.949. The van der Waals surface area contributed by atoms with Crippen molar-refractivity contribution in [3.8, 4) is 11.3 Å². The van der Waals surface area contributed by atoms with E-state index >= 15 is 0 Å². The van der Waals surface area contributed by atoms with E-state index in [4.69, 9.17) is 5.11 Å². The summed E-state index contributed by atoms with van der Waals surface area (Å²) in [5.41, 5.74) is 4.43. The number of H-pyrrole nitrogens is 2. The molecule has 3 N–H and O–H groups in total. The van der Waals surface area contributed by atoms with Gasteiger partial charge in [-0.05, 0) is 32.0 Å². The minimum atomic E-state index is -0.949. The second-order valence-corrected chi connectivity index (χ2v) is 4.45. The van der Waals surface area contributed by atoms with Gasteiger partial charge in [0, 0.05) is 16.6 Å². The summed E-state index contributed by atoms with van der Waals surface area (Å²) in [6.45, 7) is 3.80. The van der Waals surface area contributed by atoms with Crippen LogP contribution in [0.4, 0.5) is 0 Å². The average Bonchev–Trinajstić information content (AvgIpc) is 2.92. The van der Waals surface area contributed by atoms with Crippen LogP contribution in [0.2, 0.25) is 0 Å². The molecule has 96 valence electrons. The Bertz CT molecular complexity index is 766. The average molecular weight is 256 g/mol. The molecule has 0 atom stereocenters. The Morgan fingerprint density at radius 3 is 2.63 bits per heavy atom. The fraction of sp³-hybridized carbons (Fsp3) is 0.154. The molecule has 3 rings (SSSR count). The minimum Gasteiger partial charge on any atom is -0.478 e. The summed E-state index contributed by atoms with van der Waals surface area (Å²) in [6.07, 6.45) is 0. The predicted molar refractivity (Wildman–Crippen MR) is 70.1 cm³/mol. The predicted octanol–water partition coefficient (Wildman–Crippen LogP) is 2.27. The van der Waals surface area contributed by atoms with E-state index in [9.17, 15) is 4.79 Å². The number of nitrogens with one attached hydrogen (secondary N) is 2. The molecule has 0 amide bonds. The lowest BCUT2D eigenvalue weighted by molar-refractivity contribution is 0.0697. The number of aromatic amines is 2. The van der Waals surface area contributed by atoms with Crippen LogP contribution in [-0.4, -0.2) is 31.5 Å². The van der Waals surface area contributed by atoms with Crippen LogP contribution in [0, 0.1) is 13.8 Å². The van der Waals surface area contributed by atoms with Gasteiger partial charge in [-0.2, -0.15) is 10.2 Å². The number of nitrogens with zero attached hydrogens (tertiary/aromatic N) is 2. The highest BCUT2D eigenvalue weighted by atomic mass is 16.4. The van der Waals surface area contributed by atoms with Crippen LogP contribution in [0.15, 0.2) is 18.2 Å². The molecule has 1 aromatic carbocycles. The first kappa shape index (κ1) is 11.5. The zero-order chi connectivity index (χ0) is 13.6. The largest absolute Gasteiger partial charge is 0.478 e. The van der Waals surface area contributed by atoms with Crippen LogP contribution >= 0.6 is 0 Å². The molecule has 3 aromatic rings. The maximum Gasteiger partial charge on any atom is 0.335 e. The number of hydrogen-bond donors (Lipinski definition) is 3. The Labute approximate surface area is 108 Å². The molecule has 0 spiro atoms. The van der Waals surface area contributed by atoms with Gasteiger partial charge >= 0.3 is 5.97 Å². The number of carboxylic acid groups (broad SMARTS) is 1. The van der Waals surface area contributed by atoms with Crippen molar-refractivity contribution in [1.82, 2.24) is 20.4 Å². The third-order valence-electron chi connectivity index (χ3n) is 3.17. The highest BCUT2D eigenvalue weighted by molar-refractivity contribution is 5.99. The molecule has 0 aliphatic rings. The highest BCUT2D eigenvalue weighted by Gasteiger charge is 2.16. The van der Waals surface area contributed by atoms with Crippen molar-refractivity contribution in [2.75, 3.05) is 0 Å². The van der Waals surface area contributed by atoms with E-state index in [1.165, 1.54) is 0 Å². The Morgan fingerprint density at radius 2 is 2.00 bits per heavy atom. The Balaban J connectivity index is 2.30. The molecule has 2 aromatic heterocycles. The Kier molecular flexibility index (Phi) is 2.38. The number of carbonyl (C=O) groups is 1. The lowest BCUT2D eigenvalue weighted by atomic mass is 10.0. The molecule has 0 saturated heterocycles. The summed E-state index contributed by atoms with van der Waals surface area (Å²) >= 11 is 0. The van der Waals surface area contributed by atoms with Gasteiger partial charge in [-0.3, -0.25) is 10.2 Å². The quantitative estimate of drug-likeness (QED) is 0.655. The molecule has 0 radical (unpaired) electrons. The molecule has 19 heavy (non-hydrogen) atoms. The monoisotopic (exact) mass is 256 g/mol. The molecule has 0 saturated carbocycles. The first-order valence-electron chi connectivity index (χ1n) is 5.81. The maximum absolute atomic E-state index is 11.0. The van der Waals surface area contributed by atoms with Gasteiger partial charge in [-0.15, -0.1) is 0 Å². The van der Waals surface area contributed by atoms with Gasteiger partial charge in [0.2, 0.25) is 0 Å².